The van der Waals surface area contributed by atoms with Crippen LogP contribution in [0, 0.1) is 0 Å². The second-order valence-electron chi connectivity index (χ2n) is 7.80. The minimum Gasteiger partial charge on any atom is -0.412 e. The lowest BCUT2D eigenvalue weighted by atomic mass is 10.0. The second kappa shape index (κ2) is 8.80. The molecule has 0 unspecified atom stereocenters. The summed E-state index contributed by atoms with van der Waals surface area (Å²) in [6, 6.07) is 8.78. The summed E-state index contributed by atoms with van der Waals surface area (Å²) in [5.41, 5.74) is 2.09. The average Bonchev–Trinajstić information content (AvgIpc) is 3.44. The van der Waals surface area contributed by atoms with Crippen LogP contribution in [0.4, 0.5) is 5.69 Å². The number of hydrogen-bond acceptors (Lipinski definition) is 7. The molecule has 1 fully saturated rings. The molecule has 1 aliphatic rings. The van der Waals surface area contributed by atoms with Gasteiger partial charge in [0.05, 0.1) is 5.56 Å². The zero-order chi connectivity index (χ0) is 22.0. The van der Waals surface area contributed by atoms with Crippen molar-refractivity contribution < 1.29 is 17.6 Å². The van der Waals surface area contributed by atoms with Crippen LogP contribution in [-0.2, 0) is 10.0 Å². The number of nitrogens with zero attached hydrogens (tertiary/aromatic N) is 3. The molecule has 3 heterocycles. The molecule has 0 aliphatic carbocycles. The van der Waals surface area contributed by atoms with Gasteiger partial charge in [-0.25, -0.2) is 8.42 Å². The first-order valence-electron chi connectivity index (χ1n) is 10.2. The van der Waals surface area contributed by atoms with E-state index in [0.717, 1.165) is 36.2 Å². The molecule has 2 aromatic heterocycles. The Kier molecular flexibility index (Phi) is 6.10. The van der Waals surface area contributed by atoms with Crippen LogP contribution in [0.3, 0.4) is 0 Å². The monoisotopic (exact) mass is 460 g/mol. The average molecular weight is 461 g/mol. The van der Waals surface area contributed by atoms with Crippen LogP contribution in [0.1, 0.15) is 55.3 Å². The molecule has 0 spiro atoms. The molecule has 1 N–H and O–H groups in total. The lowest BCUT2D eigenvalue weighted by Gasteiger charge is -2.24. The third-order valence-corrected chi connectivity index (χ3v) is 7.99. The van der Waals surface area contributed by atoms with Gasteiger partial charge in [0.1, 0.15) is 4.21 Å². The fourth-order valence-corrected chi connectivity index (χ4v) is 5.58. The Morgan fingerprint density at radius 3 is 2.52 bits per heavy atom. The topological polar surface area (TPSA) is 105 Å². The van der Waals surface area contributed by atoms with Crippen molar-refractivity contribution in [2.24, 2.45) is 0 Å². The second-order valence-corrected chi connectivity index (χ2v) is 10.6. The Morgan fingerprint density at radius 1 is 1.13 bits per heavy atom. The molecule has 1 amide bonds. The van der Waals surface area contributed by atoms with Gasteiger partial charge in [0.25, 0.3) is 10.0 Å². The number of likely N-dealkylation sites (tertiary alicyclic amines) is 1. The van der Waals surface area contributed by atoms with Crippen LogP contribution in [-0.4, -0.2) is 42.5 Å². The van der Waals surface area contributed by atoms with Crippen molar-refractivity contribution in [2.45, 2.75) is 43.2 Å². The lowest BCUT2D eigenvalue weighted by Crippen LogP contribution is -2.35. The lowest BCUT2D eigenvalue weighted by molar-refractivity contribution is 0.0684. The summed E-state index contributed by atoms with van der Waals surface area (Å²) < 4.78 is 33.8. The van der Waals surface area contributed by atoms with Gasteiger partial charge in [-0.05, 0) is 48.9 Å². The SMILES string of the molecule is CC(C)c1ccc(NS(=O)(=O)c2cc(-c3nnc(C(=O)N4CCCCC4)o3)cs2)cc1. The minimum atomic E-state index is -3.76. The first-order valence-corrected chi connectivity index (χ1v) is 12.5. The number of rotatable bonds is 6. The van der Waals surface area contributed by atoms with Crippen molar-refractivity contribution in [2.75, 3.05) is 17.8 Å². The van der Waals surface area contributed by atoms with E-state index in [1.54, 1.807) is 22.4 Å². The summed E-state index contributed by atoms with van der Waals surface area (Å²) in [6.07, 6.45) is 3.04. The van der Waals surface area contributed by atoms with Crippen LogP contribution in [0.15, 0.2) is 44.3 Å². The molecular formula is C21H24N4O4S2. The minimum absolute atomic E-state index is 0.0733. The van der Waals surface area contributed by atoms with Crippen LogP contribution in [0.5, 0.6) is 0 Å². The zero-order valence-electron chi connectivity index (χ0n) is 17.4. The van der Waals surface area contributed by atoms with Crippen LogP contribution >= 0.6 is 11.3 Å². The highest BCUT2D eigenvalue weighted by atomic mass is 32.2. The first kappa shape index (κ1) is 21.5. The molecule has 8 nitrogen and oxygen atoms in total. The van der Waals surface area contributed by atoms with Gasteiger partial charge < -0.3 is 9.32 Å². The third kappa shape index (κ3) is 4.80. The summed E-state index contributed by atoms with van der Waals surface area (Å²) in [4.78, 5) is 14.2. The Labute approximate surface area is 185 Å². The van der Waals surface area contributed by atoms with E-state index >= 15 is 0 Å². The number of aromatic nitrogens is 2. The maximum Gasteiger partial charge on any atom is 0.311 e. The summed E-state index contributed by atoms with van der Waals surface area (Å²) in [6.45, 7) is 5.52. The van der Waals surface area contributed by atoms with Gasteiger partial charge in [-0.1, -0.05) is 26.0 Å². The van der Waals surface area contributed by atoms with Gasteiger partial charge in [-0.3, -0.25) is 9.52 Å². The third-order valence-electron chi connectivity index (χ3n) is 5.17. The molecule has 0 radical (unpaired) electrons. The Hall–Kier alpha value is -2.72. The molecule has 10 heteroatoms. The largest absolute Gasteiger partial charge is 0.412 e. The number of anilines is 1. The molecule has 0 saturated carbocycles. The number of benzene rings is 1. The highest BCUT2D eigenvalue weighted by Crippen LogP contribution is 2.29. The predicted octanol–water partition coefficient (Wildman–Crippen LogP) is 4.35. The predicted molar refractivity (Wildman–Crippen MR) is 119 cm³/mol. The number of nitrogens with one attached hydrogen (secondary N) is 1. The molecule has 1 aromatic carbocycles. The molecule has 31 heavy (non-hydrogen) atoms. The summed E-state index contributed by atoms with van der Waals surface area (Å²) in [7, 11) is -3.76. The first-order chi connectivity index (χ1) is 14.8. The number of piperidine rings is 1. The zero-order valence-corrected chi connectivity index (χ0v) is 19.0. The van der Waals surface area contributed by atoms with E-state index < -0.39 is 10.0 Å². The smallest absolute Gasteiger partial charge is 0.311 e. The van der Waals surface area contributed by atoms with Gasteiger partial charge >= 0.3 is 11.8 Å². The number of thiophene rings is 1. The summed E-state index contributed by atoms with van der Waals surface area (Å²) in [5, 5.41) is 9.42. The van der Waals surface area contributed by atoms with Crippen molar-refractivity contribution >= 4 is 33.0 Å². The fourth-order valence-electron chi connectivity index (χ4n) is 3.37. The Morgan fingerprint density at radius 2 is 1.84 bits per heavy atom. The normalized spacial score (nSPS) is 14.7. The van der Waals surface area contributed by atoms with Crippen molar-refractivity contribution in [3.8, 4) is 11.5 Å². The van der Waals surface area contributed by atoms with E-state index in [0.29, 0.717) is 30.3 Å². The van der Waals surface area contributed by atoms with Crippen LogP contribution in [0.25, 0.3) is 11.5 Å². The van der Waals surface area contributed by atoms with Gasteiger partial charge in [0.15, 0.2) is 0 Å². The van der Waals surface area contributed by atoms with Gasteiger partial charge in [-0.15, -0.1) is 21.5 Å². The van der Waals surface area contributed by atoms with Crippen molar-refractivity contribution in [3.63, 3.8) is 0 Å². The van der Waals surface area contributed by atoms with E-state index in [1.165, 1.54) is 6.07 Å². The van der Waals surface area contributed by atoms with Crippen molar-refractivity contribution in [1.29, 1.82) is 0 Å². The maximum atomic E-state index is 12.8. The van der Waals surface area contributed by atoms with Crippen LogP contribution in [0.2, 0.25) is 0 Å². The molecule has 1 saturated heterocycles. The molecule has 1 aliphatic heterocycles. The van der Waals surface area contributed by atoms with Gasteiger partial charge in [0.2, 0.25) is 5.89 Å². The highest BCUT2D eigenvalue weighted by Gasteiger charge is 2.25. The molecule has 0 atom stereocenters. The molecule has 0 bridgehead atoms. The van der Waals surface area contributed by atoms with Crippen LogP contribution < -0.4 is 4.72 Å². The van der Waals surface area contributed by atoms with E-state index in [9.17, 15) is 13.2 Å². The summed E-state index contributed by atoms with van der Waals surface area (Å²) >= 11 is 1.05. The van der Waals surface area contributed by atoms with E-state index in [-0.39, 0.29) is 21.9 Å². The maximum absolute atomic E-state index is 12.8. The molecule has 164 valence electrons. The van der Waals surface area contributed by atoms with E-state index in [1.807, 2.05) is 12.1 Å². The van der Waals surface area contributed by atoms with E-state index in [2.05, 4.69) is 28.8 Å². The summed E-state index contributed by atoms with van der Waals surface area (Å²) in [5.74, 6) is 0.134. The number of carbonyl (C=O) groups is 1. The quantitative estimate of drug-likeness (QED) is 0.586. The highest BCUT2D eigenvalue weighted by molar-refractivity contribution is 7.94. The molecular weight excluding hydrogens is 436 g/mol. The Balaban J connectivity index is 1.48. The van der Waals surface area contributed by atoms with Crippen molar-refractivity contribution in [1.82, 2.24) is 15.1 Å². The number of sulfonamides is 1. The standard InChI is InChI=1S/C21H24N4O4S2/c1-14(2)15-6-8-17(9-7-15)24-31(27,28)18-12-16(13-30-18)19-22-23-20(29-19)21(26)25-10-4-3-5-11-25/h6-9,12-14,24H,3-5,10-11H2,1-2H3. The molecule has 4 rings (SSSR count). The fraction of sp³-hybridized carbons (Fsp3) is 0.381. The van der Waals surface area contributed by atoms with Crippen molar-refractivity contribution in [3.05, 3.63) is 47.2 Å². The van der Waals surface area contributed by atoms with E-state index in [4.69, 9.17) is 4.42 Å². The molecule has 3 aromatic rings. The number of hydrogen-bond donors (Lipinski definition) is 1. The van der Waals surface area contributed by atoms with Gasteiger partial charge in [-0.2, -0.15) is 0 Å². The number of carbonyl (C=O) groups excluding carboxylic acids is 1. The number of amides is 1. The Bertz CT molecular complexity index is 1160. The van der Waals surface area contributed by atoms with Gasteiger partial charge in [0, 0.05) is 24.2 Å².